The Balaban J connectivity index is 1.57. The molecule has 1 heterocycles. The second kappa shape index (κ2) is 5.67. The third kappa shape index (κ3) is 3.03. The second-order valence-electron chi connectivity index (χ2n) is 5.64. The number of amides is 4. The van der Waals surface area contributed by atoms with Crippen molar-refractivity contribution in [2.24, 2.45) is 0 Å². The average molecular weight is 302 g/mol. The average Bonchev–Trinajstić information content (AvgIpc) is 3.23. The van der Waals surface area contributed by atoms with Gasteiger partial charge in [-0.25, -0.2) is 4.79 Å². The fourth-order valence-electron chi connectivity index (χ4n) is 2.43. The van der Waals surface area contributed by atoms with Crippen molar-refractivity contribution in [3.63, 3.8) is 0 Å². The van der Waals surface area contributed by atoms with Crippen molar-refractivity contribution in [2.45, 2.75) is 25.4 Å². The van der Waals surface area contributed by atoms with E-state index in [9.17, 15) is 14.4 Å². The molecule has 0 unspecified atom stereocenters. The first-order chi connectivity index (χ1) is 10.5. The third-order valence-electron chi connectivity index (χ3n) is 3.75. The Bertz CT molecular complexity index is 640. The van der Waals surface area contributed by atoms with Crippen LogP contribution in [0.1, 0.15) is 28.8 Å². The Kier molecular flexibility index (Phi) is 3.70. The third-order valence-corrected chi connectivity index (χ3v) is 3.75. The van der Waals surface area contributed by atoms with E-state index in [-0.39, 0.29) is 18.5 Å². The normalized spacial score (nSPS) is 16.2. The van der Waals surface area contributed by atoms with Gasteiger partial charge in [-0.2, -0.15) is 0 Å². The van der Waals surface area contributed by atoms with E-state index in [1.807, 2.05) is 6.07 Å². The highest BCUT2D eigenvalue weighted by Crippen LogP contribution is 2.28. The molecule has 0 spiro atoms. The Morgan fingerprint density at radius 2 is 2.09 bits per heavy atom. The van der Waals surface area contributed by atoms with Crippen LogP contribution in [0.15, 0.2) is 18.2 Å². The van der Waals surface area contributed by atoms with Crippen LogP contribution < -0.4 is 16.0 Å². The van der Waals surface area contributed by atoms with Gasteiger partial charge in [0.1, 0.15) is 0 Å². The van der Waals surface area contributed by atoms with E-state index < -0.39 is 11.9 Å². The minimum atomic E-state index is -0.456. The number of urea groups is 1. The molecule has 0 aromatic heterocycles. The zero-order valence-corrected chi connectivity index (χ0v) is 12.3. The maximum absolute atomic E-state index is 11.9. The monoisotopic (exact) mass is 302 g/mol. The number of carbonyl (C=O) groups excluding carboxylic acids is 3. The summed E-state index contributed by atoms with van der Waals surface area (Å²) in [4.78, 5) is 36.7. The predicted octanol–water partition coefficient (Wildman–Crippen LogP) is 0.672. The topological polar surface area (TPSA) is 90.5 Å². The van der Waals surface area contributed by atoms with Gasteiger partial charge in [-0.1, -0.05) is 6.07 Å². The van der Waals surface area contributed by atoms with Crippen molar-refractivity contribution in [3.05, 3.63) is 29.3 Å². The molecule has 1 fully saturated rings. The molecule has 4 amide bonds. The minimum absolute atomic E-state index is 0.0214. The fraction of sp³-hybridized carbons (Fsp3) is 0.400. The largest absolute Gasteiger partial charge is 0.376 e. The van der Waals surface area contributed by atoms with Crippen LogP contribution in [0.25, 0.3) is 0 Å². The number of nitrogens with zero attached hydrogens (tertiary/aromatic N) is 1. The Morgan fingerprint density at radius 3 is 2.82 bits per heavy atom. The molecule has 7 heteroatoms. The van der Waals surface area contributed by atoms with Crippen molar-refractivity contribution in [1.82, 2.24) is 15.5 Å². The number of rotatable bonds is 4. The van der Waals surface area contributed by atoms with Crippen molar-refractivity contribution in [3.8, 4) is 0 Å². The van der Waals surface area contributed by atoms with Crippen LogP contribution >= 0.6 is 0 Å². The van der Waals surface area contributed by atoms with Crippen LogP contribution in [0.5, 0.6) is 0 Å². The predicted molar refractivity (Wildman–Crippen MR) is 80.4 cm³/mol. The summed E-state index contributed by atoms with van der Waals surface area (Å²) in [6.07, 6.45) is 1.94. The van der Waals surface area contributed by atoms with E-state index in [2.05, 4.69) is 16.0 Å². The Labute approximate surface area is 128 Å². The van der Waals surface area contributed by atoms with Crippen molar-refractivity contribution in [2.75, 3.05) is 18.9 Å². The fourth-order valence-corrected chi connectivity index (χ4v) is 2.43. The molecular weight excluding hydrogens is 284 g/mol. The van der Waals surface area contributed by atoms with Gasteiger partial charge in [0.05, 0.1) is 6.54 Å². The summed E-state index contributed by atoms with van der Waals surface area (Å²) in [5, 5.41) is 7.95. The molecule has 0 saturated heterocycles. The van der Waals surface area contributed by atoms with Crippen LogP contribution in [0.3, 0.4) is 0 Å². The van der Waals surface area contributed by atoms with Crippen LogP contribution in [0, 0.1) is 0 Å². The van der Waals surface area contributed by atoms with Gasteiger partial charge in [-0.05, 0) is 25.0 Å². The summed E-state index contributed by atoms with van der Waals surface area (Å²) in [7, 11) is 1.74. The maximum atomic E-state index is 11.9. The van der Waals surface area contributed by atoms with Gasteiger partial charge in [-0.3, -0.25) is 14.9 Å². The van der Waals surface area contributed by atoms with E-state index >= 15 is 0 Å². The van der Waals surface area contributed by atoms with Gasteiger partial charge >= 0.3 is 6.03 Å². The molecule has 0 radical (unpaired) electrons. The lowest BCUT2D eigenvalue weighted by atomic mass is 10.1. The van der Waals surface area contributed by atoms with Crippen LogP contribution in [0.4, 0.5) is 10.5 Å². The number of anilines is 1. The second-order valence-corrected chi connectivity index (χ2v) is 5.64. The molecule has 1 saturated carbocycles. The lowest BCUT2D eigenvalue weighted by Crippen LogP contribution is -2.42. The minimum Gasteiger partial charge on any atom is -0.376 e. The van der Waals surface area contributed by atoms with Crippen molar-refractivity contribution < 1.29 is 14.4 Å². The van der Waals surface area contributed by atoms with Gasteiger partial charge in [0.25, 0.3) is 5.91 Å². The molecule has 0 bridgehead atoms. The van der Waals surface area contributed by atoms with Crippen LogP contribution in [0.2, 0.25) is 0 Å². The zero-order chi connectivity index (χ0) is 15.7. The maximum Gasteiger partial charge on any atom is 0.321 e. The van der Waals surface area contributed by atoms with E-state index in [1.54, 1.807) is 24.1 Å². The molecule has 2 aliphatic rings. The molecule has 3 N–H and O–H groups in total. The first-order valence-electron chi connectivity index (χ1n) is 7.26. The van der Waals surface area contributed by atoms with Crippen molar-refractivity contribution >= 4 is 23.5 Å². The highest BCUT2D eigenvalue weighted by molar-refractivity contribution is 6.00. The smallest absolute Gasteiger partial charge is 0.321 e. The van der Waals surface area contributed by atoms with Crippen LogP contribution in [-0.2, 0) is 11.3 Å². The summed E-state index contributed by atoms with van der Waals surface area (Å²) >= 11 is 0. The van der Waals surface area contributed by atoms with E-state index in [0.717, 1.165) is 24.1 Å². The number of fused-ring (bicyclic) bond motifs is 1. The van der Waals surface area contributed by atoms with E-state index in [4.69, 9.17) is 0 Å². The number of imide groups is 1. The molecule has 7 nitrogen and oxygen atoms in total. The quantitative estimate of drug-likeness (QED) is 0.762. The summed E-state index contributed by atoms with van der Waals surface area (Å²) in [5.41, 5.74) is 2.28. The van der Waals surface area contributed by atoms with Crippen molar-refractivity contribution in [1.29, 1.82) is 0 Å². The molecule has 1 aromatic carbocycles. The van der Waals surface area contributed by atoms with E-state index in [1.165, 1.54) is 0 Å². The molecule has 1 aliphatic heterocycles. The molecule has 3 rings (SSSR count). The van der Waals surface area contributed by atoms with Gasteiger partial charge < -0.3 is 15.5 Å². The molecule has 22 heavy (non-hydrogen) atoms. The number of benzene rings is 1. The highest BCUT2D eigenvalue weighted by atomic mass is 16.2. The molecule has 0 atom stereocenters. The number of nitrogens with one attached hydrogen (secondary N) is 3. The number of hydrogen-bond acceptors (Lipinski definition) is 4. The summed E-state index contributed by atoms with van der Waals surface area (Å²) < 4.78 is 0. The summed E-state index contributed by atoms with van der Waals surface area (Å²) in [5.74, 6) is -0.430. The highest BCUT2D eigenvalue weighted by Gasteiger charge is 2.27. The van der Waals surface area contributed by atoms with Gasteiger partial charge in [0.2, 0.25) is 5.91 Å². The lowest BCUT2D eigenvalue weighted by Gasteiger charge is -2.11. The zero-order valence-electron chi connectivity index (χ0n) is 12.3. The summed E-state index contributed by atoms with van der Waals surface area (Å²) in [6.45, 7) is 0.494. The summed E-state index contributed by atoms with van der Waals surface area (Å²) in [6, 6.07) is 5.12. The molecular formula is C15H18N4O3. The Hall–Kier alpha value is -2.57. The lowest BCUT2D eigenvalue weighted by molar-refractivity contribution is -0.118. The molecule has 1 aromatic rings. The van der Waals surface area contributed by atoms with Gasteiger partial charge in [-0.15, -0.1) is 0 Å². The number of carbonyl (C=O) groups is 3. The Morgan fingerprint density at radius 1 is 1.32 bits per heavy atom. The van der Waals surface area contributed by atoms with E-state index in [0.29, 0.717) is 12.1 Å². The number of hydrogen-bond donors (Lipinski definition) is 3. The van der Waals surface area contributed by atoms with Gasteiger partial charge in [0.15, 0.2) is 0 Å². The molecule has 1 aliphatic carbocycles. The first-order valence-corrected chi connectivity index (χ1v) is 7.26. The van der Waals surface area contributed by atoms with Gasteiger partial charge in [0, 0.05) is 36.4 Å². The van der Waals surface area contributed by atoms with Crippen LogP contribution in [-0.4, -0.2) is 42.4 Å². The molecule has 116 valence electrons. The SMILES string of the molecule is CN1Cc2c(NCC(=O)NC(=O)NC3CC3)cccc2C1=O. The standard InChI is InChI=1S/C15H18N4O3/c1-19-8-11-10(14(19)21)3-2-4-12(11)16-7-13(20)18-15(22)17-9-5-6-9/h2-4,9,16H,5-8H2,1H3,(H2,17,18,20,22). The first kappa shape index (κ1) is 14.4.